The predicted molar refractivity (Wildman–Crippen MR) is 316 cm³/mol. The summed E-state index contributed by atoms with van der Waals surface area (Å²) in [6, 6.07) is 0. The first-order valence-electron chi connectivity index (χ1n) is 29.5. The van der Waals surface area contributed by atoms with Gasteiger partial charge in [-0.25, -0.2) is 4.57 Å². The minimum Gasteiger partial charge on any atom is -0.462 e. The summed E-state index contributed by atoms with van der Waals surface area (Å²) in [6.45, 7) is 3.60. The van der Waals surface area contributed by atoms with Crippen LogP contribution >= 0.6 is 7.82 Å². The van der Waals surface area contributed by atoms with Crippen LogP contribution in [0.2, 0.25) is 0 Å². The number of hydrogen-bond donors (Lipinski definition) is 2. The summed E-state index contributed by atoms with van der Waals surface area (Å²) in [5.41, 5.74) is 5.38. The highest BCUT2D eigenvalue weighted by Crippen LogP contribution is 2.43. The van der Waals surface area contributed by atoms with E-state index in [0.717, 1.165) is 109 Å². The van der Waals surface area contributed by atoms with Gasteiger partial charge in [0.15, 0.2) is 6.10 Å². The number of carbonyl (C=O) groups is 2. The third-order valence-corrected chi connectivity index (χ3v) is 13.1. The number of phosphoric acid groups is 1. The molecule has 0 aliphatic heterocycles. The Hall–Kier alpha value is -3.59. The molecule has 0 aliphatic carbocycles. The van der Waals surface area contributed by atoms with Crippen molar-refractivity contribution < 1.29 is 37.6 Å². The van der Waals surface area contributed by atoms with Gasteiger partial charge in [0.25, 0.3) is 0 Å². The lowest BCUT2D eigenvalue weighted by atomic mass is 10.0. The third kappa shape index (κ3) is 57.7. The lowest BCUT2D eigenvalue weighted by Crippen LogP contribution is -2.29. The fourth-order valence-electron chi connectivity index (χ4n) is 7.78. The molecule has 74 heavy (non-hydrogen) atoms. The largest absolute Gasteiger partial charge is 0.472 e. The second-order valence-corrected chi connectivity index (χ2v) is 20.6. The van der Waals surface area contributed by atoms with Crippen LogP contribution in [0.5, 0.6) is 0 Å². The van der Waals surface area contributed by atoms with Gasteiger partial charge in [-0.05, 0) is 89.9 Å². The zero-order valence-corrected chi connectivity index (χ0v) is 47.9. The highest BCUT2D eigenvalue weighted by molar-refractivity contribution is 7.47. The van der Waals surface area contributed by atoms with Gasteiger partial charge in [-0.3, -0.25) is 18.6 Å². The van der Waals surface area contributed by atoms with Crippen LogP contribution in [0.1, 0.15) is 239 Å². The Labute approximate surface area is 453 Å². The third-order valence-electron chi connectivity index (χ3n) is 12.1. The Morgan fingerprint density at radius 3 is 1.11 bits per heavy atom. The fourth-order valence-corrected chi connectivity index (χ4v) is 8.55. The summed E-state index contributed by atoms with van der Waals surface area (Å²) in [4.78, 5) is 35.2. The molecule has 2 unspecified atom stereocenters. The van der Waals surface area contributed by atoms with Crippen LogP contribution in [0.15, 0.2) is 122 Å². The zero-order chi connectivity index (χ0) is 53.8. The van der Waals surface area contributed by atoms with E-state index in [2.05, 4.69) is 135 Å². The summed E-state index contributed by atoms with van der Waals surface area (Å²) < 4.78 is 33.0. The van der Waals surface area contributed by atoms with Crippen LogP contribution in [0.3, 0.4) is 0 Å². The standard InChI is InChI=1S/C64H108NO8P/c1-3-5-7-9-11-13-15-17-19-21-23-24-25-26-27-28-29-30-31-32-33-34-35-36-37-38-39-41-43-45-47-49-51-53-55-57-64(67)73-62(61-72-74(68,69)71-59-58-65)60-70-63(66)56-54-52-50-48-46-44-42-40-22-20-18-16-14-12-10-8-6-4-2/h5,7,11,13,17,19,23-24,26-27,29-30,32-33,35-36,38-39,43,45,62H,3-4,6,8-10,12,14-16,18,20-22,25,28,31,34,37,40-42,44,46-61,65H2,1-2H3,(H,68,69)/b7-5-,13-11-,19-17-,24-23-,27-26-,30-29-,33-32-,36-35-,39-38-,45-43-. The number of esters is 2. The van der Waals surface area contributed by atoms with Gasteiger partial charge in [-0.2, -0.15) is 0 Å². The van der Waals surface area contributed by atoms with Gasteiger partial charge in [0.1, 0.15) is 6.61 Å². The number of allylic oxidation sites excluding steroid dienone is 20. The van der Waals surface area contributed by atoms with Crippen LogP contribution in [0.4, 0.5) is 0 Å². The Bertz CT molecular complexity index is 1620. The first-order valence-corrected chi connectivity index (χ1v) is 31.0. The number of phosphoric ester groups is 1. The van der Waals surface area contributed by atoms with Crippen molar-refractivity contribution in [2.45, 2.75) is 245 Å². The smallest absolute Gasteiger partial charge is 0.462 e. The van der Waals surface area contributed by atoms with Gasteiger partial charge in [-0.15, -0.1) is 0 Å². The molecule has 2 atom stereocenters. The first kappa shape index (κ1) is 70.4. The minimum absolute atomic E-state index is 0.0439. The van der Waals surface area contributed by atoms with Crippen LogP contribution in [-0.4, -0.2) is 49.3 Å². The molecule has 0 rings (SSSR count). The molecule has 0 radical (unpaired) electrons. The van der Waals surface area contributed by atoms with Gasteiger partial charge in [0, 0.05) is 19.4 Å². The van der Waals surface area contributed by atoms with E-state index in [1.807, 2.05) is 0 Å². The molecular formula is C64H108NO8P. The summed E-state index contributed by atoms with van der Waals surface area (Å²) in [5, 5.41) is 0. The van der Waals surface area contributed by atoms with E-state index in [0.29, 0.717) is 6.42 Å². The van der Waals surface area contributed by atoms with Gasteiger partial charge in [-0.1, -0.05) is 257 Å². The van der Waals surface area contributed by atoms with Crippen molar-refractivity contribution in [2.75, 3.05) is 26.4 Å². The number of carbonyl (C=O) groups excluding carboxylic acids is 2. The van der Waals surface area contributed by atoms with Crippen molar-refractivity contribution in [2.24, 2.45) is 5.73 Å². The maximum atomic E-state index is 12.7. The van der Waals surface area contributed by atoms with Crippen molar-refractivity contribution in [3.8, 4) is 0 Å². The molecule has 0 heterocycles. The molecular weight excluding hydrogens is 942 g/mol. The SMILES string of the molecule is CC/C=C\C/C=C\C/C=C\C/C=C\C/C=C\C/C=C\C/C=C\C/C=C\C/C=C\C/C=C\CCCCCCC(=O)OC(COC(=O)CCCCCCCCCCCCCCCCCCCC)COP(=O)(O)OCCN. The Balaban J connectivity index is 4.07. The molecule has 0 aromatic carbocycles. The molecule has 422 valence electrons. The number of rotatable bonds is 54. The lowest BCUT2D eigenvalue weighted by Gasteiger charge is -2.19. The number of hydrogen-bond acceptors (Lipinski definition) is 8. The molecule has 0 aromatic heterocycles. The lowest BCUT2D eigenvalue weighted by molar-refractivity contribution is -0.161. The maximum Gasteiger partial charge on any atom is 0.472 e. The van der Waals surface area contributed by atoms with Crippen LogP contribution < -0.4 is 5.73 Å². The van der Waals surface area contributed by atoms with E-state index in [-0.39, 0.29) is 38.6 Å². The molecule has 0 aromatic rings. The van der Waals surface area contributed by atoms with Crippen LogP contribution in [0.25, 0.3) is 0 Å². The molecule has 0 saturated heterocycles. The van der Waals surface area contributed by atoms with E-state index >= 15 is 0 Å². The topological polar surface area (TPSA) is 134 Å². The van der Waals surface area contributed by atoms with E-state index in [9.17, 15) is 19.0 Å². The highest BCUT2D eigenvalue weighted by atomic mass is 31.2. The molecule has 0 spiro atoms. The van der Waals surface area contributed by atoms with E-state index in [1.54, 1.807) is 0 Å². The zero-order valence-electron chi connectivity index (χ0n) is 47.0. The quantitative estimate of drug-likeness (QED) is 0.0264. The molecule has 0 bridgehead atoms. The average Bonchev–Trinajstić information content (AvgIpc) is 3.39. The summed E-state index contributed by atoms with van der Waals surface area (Å²) in [6.07, 6.45) is 81.1. The van der Waals surface area contributed by atoms with Crippen molar-refractivity contribution in [1.29, 1.82) is 0 Å². The Morgan fingerprint density at radius 1 is 0.419 bits per heavy atom. The molecule has 9 nitrogen and oxygen atoms in total. The Morgan fingerprint density at radius 2 is 0.743 bits per heavy atom. The first-order chi connectivity index (χ1) is 36.3. The van der Waals surface area contributed by atoms with Crippen molar-refractivity contribution in [3.63, 3.8) is 0 Å². The second kappa shape index (κ2) is 58.7. The second-order valence-electron chi connectivity index (χ2n) is 19.1. The average molecular weight is 1050 g/mol. The highest BCUT2D eigenvalue weighted by Gasteiger charge is 2.26. The van der Waals surface area contributed by atoms with Gasteiger partial charge >= 0.3 is 19.8 Å². The van der Waals surface area contributed by atoms with Gasteiger partial charge in [0.2, 0.25) is 0 Å². The number of unbranched alkanes of at least 4 members (excludes halogenated alkanes) is 21. The Kier molecular flexibility index (Phi) is 55.8. The van der Waals surface area contributed by atoms with Gasteiger partial charge in [0.05, 0.1) is 13.2 Å². The molecule has 10 heteroatoms. The monoisotopic (exact) mass is 1050 g/mol. The van der Waals surface area contributed by atoms with E-state index in [4.69, 9.17) is 24.3 Å². The van der Waals surface area contributed by atoms with Gasteiger partial charge < -0.3 is 20.1 Å². The molecule has 0 saturated carbocycles. The maximum absolute atomic E-state index is 12.7. The predicted octanol–water partition coefficient (Wildman–Crippen LogP) is 18.8. The molecule has 0 aliphatic rings. The minimum atomic E-state index is -4.40. The fraction of sp³-hybridized carbons (Fsp3) is 0.656. The number of nitrogens with two attached hydrogens (primary N) is 1. The van der Waals surface area contributed by atoms with Crippen LogP contribution in [-0.2, 0) is 32.7 Å². The van der Waals surface area contributed by atoms with Crippen molar-refractivity contribution in [1.82, 2.24) is 0 Å². The summed E-state index contributed by atoms with van der Waals surface area (Å²) >= 11 is 0. The normalized spacial score (nSPS) is 13.9. The van der Waals surface area contributed by atoms with Crippen molar-refractivity contribution >= 4 is 19.8 Å². The molecule has 0 amide bonds. The molecule has 3 N–H and O–H groups in total. The van der Waals surface area contributed by atoms with E-state index < -0.39 is 26.5 Å². The van der Waals surface area contributed by atoms with E-state index in [1.165, 1.54) is 96.3 Å². The molecule has 0 fully saturated rings. The van der Waals surface area contributed by atoms with Crippen LogP contribution in [0, 0.1) is 0 Å². The summed E-state index contributed by atoms with van der Waals surface area (Å²) in [7, 11) is -4.40. The number of ether oxygens (including phenoxy) is 2. The van der Waals surface area contributed by atoms with Crippen molar-refractivity contribution in [3.05, 3.63) is 122 Å². The summed E-state index contributed by atoms with van der Waals surface area (Å²) in [5.74, 6) is -0.858.